The highest BCUT2D eigenvalue weighted by Gasteiger charge is 2.18. The predicted molar refractivity (Wildman–Crippen MR) is 93.2 cm³/mol. The molecule has 1 rings (SSSR count). The molecular weight excluding hydrogens is 324 g/mol. The smallest absolute Gasteiger partial charge is 0.318 e. The number of hydrogen-bond donors (Lipinski definition) is 2. The van der Waals surface area contributed by atoms with Crippen molar-refractivity contribution in [1.82, 2.24) is 5.32 Å². The molecule has 1 atom stereocenters. The molecule has 0 heterocycles. The molecular formula is C18H26N2O5. The SMILES string of the molecule is C[C@H](OC(=O)CCCOc1ccc(C(C)(C)C)cc1)C(=O)NC(N)=O. The number of carbonyl (C=O) groups excluding carboxylic acids is 3. The lowest BCUT2D eigenvalue weighted by Crippen LogP contribution is -2.42. The van der Waals surface area contributed by atoms with Crippen LogP contribution in [0.4, 0.5) is 4.79 Å². The van der Waals surface area contributed by atoms with Gasteiger partial charge in [0.2, 0.25) is 0 Å². The molecule has 138 valence electrons. The van der Waals surface area contributed by atoms with Crippen LogP contribution in [0, 0.1) is 0 Å². The maximum absolute atomic E-state index is 11.6. The minimum atomic E-state index is -1.08. The third-order valence-corrected chi connectivity index (χ3v) is 3.44. The number of hydrogen-bond acceptors (Lipinski definition) is 5. The van der Waals surface area contributed by atoms with Gasteiger partial charge in [-0.05, 0) is 36.5 Å². The van der Waals surface area contributed by atoms with Crippen LogP contribution >= 0.6 is 0 Å². The molecule has 0 fully saturated rings. The number of urea groups is 1. The van der Waals surface area contributed by atoms with Crippen LogP contribution < -0.4 is 15.8 Å². The van der Waals surface area contributed by atoms with Crippen LogP contribution in [-0.2, 0) is 19.7 Å². The lowest BCUT2D eigenvalue weighted by atomic mass is 9.87. The van der Waals surface area contributed by atoms with Gasteiger partial charge in [-0.25, -0.2) is 4.79 Å². The quantitative estimate of drug-likeness (QED) is 0.579. The van der Waals surface area contributed by atoms with E-state index in [4.69, 9.17) is 15.2 Å². The van der Waals surface area contributed by atoms with Crippen molar-refractivity contribution in [3.8, 4) is 5.75 Å². The Labute approximate surface area is 147 Å². The van der Waals surface area contributed by atoms with Gasteiger partial charge in [-0.1, -0.05) is 32.9 Å². The number of benzene rings is 1. The lowest BCUT2D eigenvalue weighted by molar-refractivity contribution is -0.154. The average Bonchev–Trinajstić information content (AvgIpc) is 2.50. The summed E-state index contributed by atoms with van der Waals surface area (Å²) in [6.07, 6.45) is -0.524. The Morgan fingerprint density at radius 1 is 1.16 bits per heavy atom. The molecule has 3 amide bonds. The third kappa shape index (κ3) is 7.69. The highest BCUT2D eigenvalue weighted by molar-refractivity contribution is 5.96. The molecule has 0 aliphatic rings. The van der Waals surface area contributed by atoms with Crippen molar-refractivity contribution in [3.05, 3.63) is 29.8 Å². The van der Waals surface area contributed by atoms with Crippen LogP contribution in [-0.4, -0.2) is 30.6 Å². The second-order valence-corrected chi connectivity index (χ2v) is 6.71. The number of imide groups is 1. The van der Waals surface area contributed by atoms with Crippen LogP contribution in [0.1, 0.15) is 46.1 Å². The normalized spacial score (nSPS) is 12.2. The van der Waals surface area contributed by atoms with Crippen LogP contribution in [0.25, 0.3) is 0 Å². The van der Waals surface area contributed by atoms with Gasteiger partial charge in [-0.2, -0.15) is 0 Å². The van der Waals surface area contributed by atoms with E-state index in [0.717, 1.165) is 5.75 Å². The van der Waals surface area contributed by atoms with Gasteiger partial charge in [0.25, 0.3) is 5.91 Å². The van der Waals surface area contributed by atoms with E-state index < -0.39 is 24.0 Å². The lowest BCUT2D eigenvalue weighted by Gasteiger charge is -2.19. The van der Waals surface area contributed by atoms with Crippen molar-refractivity contribution >= 4 is 17.9 Å². The summed E-state index contributed by atoms with van der Waals surface area (Å²) in [5.74, 6) is -0.564. The van der Waals surface area contributed by atoms with E-state index in [1.807, 2.05) is 29.6 Å². The first kappa shape index (κ1) is 20.5. The molecule has 0 saturated carbocycles. The zero-order chi connectivity index (χ0) is 19.0. The van der Waals surface area contributed by atoms with Crippen molar-refractivity contribution in [3.63, 3.8) is 0 Å². The Bertz CT molecular complexity index is 605. The Balaban J connectivity index is 2.30. The monoisotopic (exact) mass is 350 g/mol. The number of nitrogens with one attached hydrogen (secondary N) is 1. The van der Waals surface area contributed by atoms with Gasteiger partial charge in [0.15, 0.2) is 6.10 Å². The fraction of sp³-hybridized carbons (Fsp3) is 0.500. The second kappa shape index (κ2) is 9.05. The molecule has 0 spiro atoms. The zero-order valence-electron chi connectivity index (χ0n) is 15.1. The van der Waals surface area contributed by atoms with Gasteiger partial charge >= 0.3 is 12.0 Å². The van der Waals surface area contributed by atoms with E-state index in [9.17, 15) is 14.4 Å². The Kier molecular flexibility index (Phi) is 7.42. The Hall–Kier alpha value is -2.57. The molecule has 0 bridgehead atoms. The molecule has 7 nitrogen and oxygen atoms in total. The minimum Gasteiger partial charge on any atom is -0.494 e. The van der Waals surface area contributed by atoms with Crippen molar-refractivity contribution in [2.24, 2.45) is 5.73 Å². The maximum atomic E-state index is 11.6. The Morgan fingerprint density at radius 2 is 1.76 bits per heavy atom. The molecule has 0 aliphatic heterocycles. The third-order valence-electron chi connectivity index (χ3n) is 3.44. The molecule has 0 radical (unpaired) electrons. The first-order valence-electron chi connectivity index (χ1n) is 8.12. The molecule has 1 aromatic carbocycles. The standard InChI is InChI=1S/C18H26N2O5/c1-12(16(22)20-17(19)23)25-15(21)6-5-11-24-14-9-7-13(8-10-14)18(2,3)4/h7-10,12H,5-6,11H2,1-4H3,(H3,19,20,22,23)/t12-/m0/s1. The predicted octanol–water partition coefficient (Wildman–Crippen LogP) is 2.27. The summed E-state index contributed by atoms with van der Waals surface area (Å²) >= 11 is 0. The first-order chi connectivity index (χ1) is 11.6. The van der Waals surface area contributed by atoms with Gasteiger partial charge in [0, 0.05) is 6.42 Å². The minimum absolute atomic E-state index is 0.0831. The number of nitrogens with two attached hydrogens (primary N) is 1. The second-order valence-electron chi connectivity index (χ2n) is 6.71. The summed E-state index contributed by atoms with van der Waals surface area (Å²) in [5.41, 5.74) is 6.12. The van der Waals surface area contributed by atoms with E-state index in [1.54, 1.807) is 0 Å². The highest BCUT2D eigenvalue weighted by Crippen LogP contribution is 2.24. The summed E-state index contributed by atoms with van der Waals surface area (Å²) in [7, 11) is 0. The Morgan fingerprint density at radius 3 is 2.28 bits per heavy atom. The van der Waals surface area contributed by atoms with Crippen molar-refractivity contribution in [2.45, 2.75) is 52.1 Å². The van der Waals surface area contributed by atoms with E-state index in [2.05, 4.69) is 20.8 Å². The van der Waals surface area contributed by atoms with Crippen LogP contribution in [0.2, 0.25) is 0 Å². The summed E-state index contributed by atoms with van der Waals surface area (Å²) in [6.45, 7) is 8.13. The van der Waals surface area contributed by atoms with Crippen LogP contribution in [0.15, 0.2) is 24.3 Å². The van der Waals surface area contributed by atoms with Gasteiger partial charge in [0.1, 0.15) is 5.75 Å². The molecule has 0 aliphatic carbocycles. The van der Waals surface area contributed by atoms with Crippen molar-refractivity contribution in [1.29, 1.82) is 0 Å². The number of rotatable bonds is 7. The van der Waals surface area contributed by atoms with Crippen molar-refractivity contribution in [2.75, 3.05) is 6.61 Å². The van der Waals surface area contributed by atoms with E-state index in [1.165, 1.54) is 12.5 Å². The number of amides is 3. The number of primary amides is 1. The fourth-order valence-electron chi connectivity index (χ4n) is 1.99. The summed E-state index contributed by atoms with van der Waals surface area (Å²) < 4.78 is 10.5. The van der Waals surface area contributed by atoms with Gasteiger partial charge in [-0.15, -0.1) is 0 Å². The van der Waals surface area contributed by atoms with E-state index in [-0.39, 0.29) is 11.8 Å². The summed E-state index contributed by atoms with van der Waals surface area (Å²) in [5, 5.41) is 1.85. The molecule has 1 aromatic rings. The maximum Gasteiger partial charge on any atom is 0.318 e. The molecule has 0 saturated heterocycles. The first-order valence-corrected chi connectivity index (χ1v) is 8.12. The molecule has 7 heteroatoms. The van der Waals surface area contributed by atoms with Crippen molar-refractivity contribution < 1.29 is 23.9 Å². The topological polar surface area (TPSA) is 108 Å². The van der Waals surface area contributed by atoms with Gasteiger partial charge in [0.05, 0.1) is 6.61 Å². The van der Waals surface area contributed by atoms with E-state index in [0.29, 0.717) is 13.0 Å². The van der Waals surface area contributed by atoms with Crippen LogP contribution in [0.3, 0.4) is 0 Å². The van der Waals surface area contributed by atoms with E-state index >= 15 is 0 Å². The summed E-state index contributed by atoms with van der Waals surface area (Å²) in [4.78, 5) is 33.6. The molecule has 0 aromatic heterocycles. The largest absolute Gasteiger partial charge is 0.494 e. The van der Waals surface area contributed by atoms with Crippen LogP contribution in [0.5, 0.6) is 5.75 Å². The number of ether oxygens (including phenoxy) is 2. The molecule has 3 N–H and O–H groups in total. The number of carbonyl (C=O) groups is 3. The van der Waals surface area contributed by atoms with Gasteiger partial charge in [-0.3, -0.25) is 14.9 Å². The number of esters is 1. The highest BCUT2D eigenvalue weighted by atomic mass is 16.5. The average molecular weight is 350 g/mol. The fourth-order valence-corrected chi connectivity index (χ4v) is 1.99. The molecule has 0 unspecified atom stereocenters. The zero-order valence-corrected chi connectivity index (χ0v) is 15.1. The summed E-state index contributed by atoms with van der Waals surface area (Å²) in [6, 6.07) is 6.84. The van der Waals surface area contributed by atoms with Gasteiger partial charge < -0.3 is 15.2 Å². The molecule has 25 heavy (non-hydrogen) atoms.